The highest BCUT2D eigenvalue weighted by atomic mass is 16.3. The van der Waals surface area contributed by atoms with Crippen molar-refractivity contribution >= 4 is 68.9 Å². The smallest absolute Gasteiger partial charge is 0.243 e. The van der Waals surface area contributed by atoms with Crippen LogP contribution in [0.1, 0.15) is 66.5 Å². The predicted molar refractivity (Wildman–Crippen MR) is 350 cm³/mol. The molecule has 0 aliphatic carbocycles. The number of hydrogen-bond donors (Lipinski definition) is 12. The second-order valence-electron chi connectivity index (χ2n) is 23.3. The van der Waals surface area contributed by atoms with Gasteiger partial charge in [-0.05, 0) is 100 Å². The maximum absolute atomic E-state index is 15.1. The molecule has 0 spiro atoms. The van der Waals surface area contributed by atoms with E-state index in [1.54, 1.807) is 80.7 Å². The molecule has 7 aromatic carbocycles. The lowest BCUT2D eigenvalue weighted by Crippen LogP contribution is -2.61. The van der Waals surface area contributed by atoms with Gasteiger partial charge in [0.1, 0.15) is 48.0 Å². The van der Waals surface area contributed by atoms with Gasteiger partial charge in [-0.2, -0.15) is 0 Å². The Hall–Kier alpha value is -10.2. The van der Waals surface area contributed by atoms with E-state index in [9.17, 15) is 33.9 Å². The van der Waals surface area contributed by atoms with E-state index in [1.165, 1.54) is 12.1 Å². The zero-order valence-corrected chi connectivity index (χ0v) is 51.1. The van der Waals surface area contributed by atoms with E-state index in [2.05, 4.69) is 42.2 Å². The summed E-state index contributed by atoms with van der Waals surface area (Å²) in [6.07, 6.45) is 2.67. The van der Waals surface area contributed by atoms with Crippen molar-refractivity contribution in [1.82, 2.24) is 42.2 Å². The fraction of sp³-hybridized carbons (Fsp3) is 0.296. The summed E-state index contributed by atoms with van der Waals surface area (Å²) in [6, 6.07) is 44.0. The van der Waals surface area contributed by atoms with Crippen LogP contribution in [-0.2, 0) is 76.9 Å². The number of unbranched alkanes of at least 4 members (excludes halogenated alkanes) is 1. The first-order valence-corrected chi connectivity index (χ1v) is 30.7. The number of H-pyrrole nitrogens is 1. The van der Waals surface area contributed by atoms with Gasteiger partial charge in [-0.25, -0.2) is 0 Å². The summed E-state index contributed by atoms with van der Waals surface area (Å²) >= 11 is 0. The topological polar surface area (TPSA) is 335 Å². The molecule has 8 rings (SSSR count). The van der Waals surface area contributed by atoms with E-state index in [0.717, 1.165) is 32.8 Å². The highest BCUT2D eigenvalue weighted by Crippen LogP contribution is 2.22. The third-order valence-electron chi connectivity index (χ3n) is 15.9. The number of carbonyl (C=O) groups excluding carboxylic acids is 8. The lowest BCUT2D eigenvalue weighted by atomic mass is 9.98. The molecule has 0 saturated carbocycles. The Bertz CT molecular complexity index is 3750. The molecule has 474 valence electrons. The molecule has 0 fully saturated rings. The molecule has 20 nitrogen and oxygen atoms in total. The molecule has 91 heavy (non-hydrogen) atoms. The van der Waals surface area contributed by atoms with E-state index in [0.29, 0.717) is 35.1 Å². The van der Waals surface area contributed by atoms with Crippen LogP contribution in [0, 0.1) is 5.92 Å². The Kier molecular flexibility index (Phi) is 24.1. The Labute approximate surface area is 529 Å². The van der Waals surface area contributed by atoms with Crippen molar-refractivity contribution in [3.05, 3.63) is 222 Å². The Morgan fingerprint density at radius 2 is 0.857 bits per heavy atom. The number of primary amides is 1. The Balaban J connectivity index is 1.04. The molecule has 8 aromatic rings. The van der Waals surface area contributed by atoms with Crippen LogP contribution in [0.5, 0.6) is 5.75 Å². The van der Waals surface area contributed by atoms with Crippen molar-refractivity contribution in [3.63, 3.8) is 0 Å². The molecule has 8 atom stereocenters. The number of carbonyl (C=O) groups is 8. The van der Waals surface area contributed by atoms with Crippen LogP contribution < -0.4 is 54.4 Å². The van der Waals surface area contributed by atoms with Gasteiger partial charge in [0.2, 0.25) is 47.3 Å². The number of benzene rings is 7. The predicted octanol–water partition coefficient (Wildman–Crippen LogP) is 4.77. The molecule has 0 bridgehead atoms. The van der Waals surface area contributed by atoms with E-state index in [4.69, 9.17) is 17.2 Å². The summed E-state index contributed by atoms with van der Waals surface area (Å²) in [5.74, 6) is -6.42. The summed E-state index contributed by atoms with van der Waals surface area (Å²) in [7, 11) is 0. The number of phenolic OH excluding ortho intramolecular Hbond substituents is 1. The summed E-state index contributed by atoms with van der Waals surface area (Å²) in [4.78, 5) is 119. The first-order valence-electron chi connectivity index (χ1n) is 30.7. The SMILES string of the molecule is CC(C)[C@H](NC(=O)[C@H](CCCCN)NC(=O)[C@@H](Cc1c[nH]c2ccccc12)NC(=O)[C@H](Cc1ccc(O)cc1)NC(=O)[C@H](Cc1ccccc1)NC(=O)[C@H](N)Cc1ccccc1)C(=O)N[C@@H](Cc1ccccc1)C(=O)N[C@@H](Cc1ccc2ccccc2c1)C(N)=O. The van der Waals surface area contributed by atoms with Gasteiger partial charge in [-0.3, -0.25) is 38.4 Å². The quantitative estimate of drug-likeness (QED) is 0.0255. The Morgan fingerprint density at radius 3 is 1.41 bits per heavy atom. The number of fused-ring (bicyclic) bond motifs is 2. The molecule has 0 aliphatic heterocycles. The summed E-state index contributed by atoms with van der Waals surface area (Å²) in [5, 5.41) is 32.8. The van der Waals surface area contributed by atoms with Gasteiger partial charge >= 0.3 is 0 Å². The number of phenols is 1. The van der Waals surface area contributed by atoms with Gasteiger partial charge in [0.05, 0.1) is 6.04 Å². The van der Waals surface area contributed by atoms with Crippen molar-refractivity contribution in [3.8, 4) is 5.75 Å². The molecular weight excluding hydrogens is 1150 g/mol. The van der Waals surface area contributed by atoms with E-state index in [1.807, 2.05) is 109 Å². The minimum Gasteiger partial charge on any atom is -0.508 e. The van der Waals surface area contributed by atoms with Crippen LogP contribution in [0.2, 0.25) is 0 Å². The van der Waals surface area contributed by atoms with Gasteiger partial charge in [-0.15, -0.1) is 0 Å². The lowest BCUT2D eigenvalue weighted by molar-refractivity contribution is -0.136. The van der Waals surface area contributed by atoms with Crippen molar-refractivity contribution in [2.45, 2.75) is 120 Å². The first kappa shape index (κ1) is 66.8. The molecule has 0 unspecified atom stereocenters. The van der Waals surface area contributed by atoms with Crippen molar-refractivity contribution in [2.24, 2.45) is 23.1 Å². The number of hydrogen-bond acceptors (Lipinski definition) is 11. The molecule has 8 amide bonds. The minimum atomic E-state index is -1.40. The van der Waals surface area contributed by atoms with E-state index < -0.39 is 102 Å². The fourth-order valence-corrected chi connectivity index (χ4v) is 10.9. The van der Waals surface area contributed by atoms with E-state index in [-0.39, 0.29) is 57.2 Å². The molecule has 15 N–H and O–H groups in total. The second-order valence-corrected chi connectivity index (χ2v) is 23.3. The normalized spacial score (nSPS) is 13.9. The number of aromatic nitrogens is 1. The highest BCUT2D eigenvalue weighted by Gasteiger charge is 2.36. The van der Waals surface area contributed by atoms with Gasteiger partial charge in [0.25, 0.3) is 0 Å². The molecule has 1 aromatic heterocycles. The number of nitrogens with one attached hydrogen (secondary N) is 8. The summed E-state index contributed by atoms with van der Waals surface area (Å²) in [6.45, 7) is 3.70. The van der Waals surface area contributed by atoms with Gasteiger partial charge in [0, 0.05) is 49.2 Å². The third kappa shape index (κ3) is 19.7. The van der Waals surface area contributed by atoms with Gasteiger partial charge < -0.3 is 64.5 Å². The Morgan fingerprint density at radius 1 is 0.429 bits per heavy atom. The number of nitrogens with two attached hydrogens (primary N) is 3. The van der Waals surface area contributed by atoms with Crippen LogP contribution in [-0.4, -0.2) is 112 Å². The molecular formula is C71H81N11O9. The number of amides is 8. The van der Waals surface area contributed by atoms with Crippen LogP contribution >= 0.6 is 0 Å². The summed E-state index contributed by atoms with van der Waals surface area (Å²) in [5.41, 5.74) is 23.1. The number of aromatic amines is 1. The monoisotopic (exact) mass is 1230 g/mol. The summed E-state index contributed by atoms with van der Waals surface area (Å²) < 4.78 is 0. The van der Waals surface area contributed by atoms with Crippen molar-refractivity contribution in [2.75, 3.05) is 6.54 Å². The maximum atomic E-state index is 15.1. The van der Waals surface area contributed by atoms with Crippen LogP contribution in [0.4, 0.5) is 0 Å². The molecule has 0 radical (unpaired) electrons. The van der Waals surface area contributed by atoms with Gasteiger partial charge in [-0.1, -0.05) is 178 Å². The zero-order valence-electron chi connectivity index (χ0n) is 51.1. The maximum Gasteiger partial charge on any atom is 0.243 e. The highest BCUT2D eigenvalue weighted by molar-refractivity contribution is 5.99. The van der Waals surface area contributed by atoms with Crippen LogP contribution in [0.25, 0.3) is 21.7 Å². The average molecular weight is 1230 g/mol. The molecule has 1 heterocycles. The third-order valence-corrected chi connectivity index (χ3v) is 15.9. The fourth-order valence-electron chi connectivity index (χ4n) is 10.9. The van der Waals surface area contributed by atoms with Crippen LogP contribution in [0.3, 0.4) is 0 Å². The number of para-hydroxylation sites is 1. The lowest BCUT2D eigenvalue weighted by Gasteiger charge is -2.29. The largest absolute Gasteiger partial charge is 0.508 e. The molecule has 0 saturated heterocycles. The standard InChI is InChI=1S/C71H81N11O9/c1-44(2)63(71(91)81-61(39-47-22-10-5-11-23-47)67(87)77-58(64(74)84)41-49-29-32-50-24-12-13-25-51(50)36-49)82-66(86)57(28-16-17-35-72)76-70(90)62(42-52-43-75-56-27-15-14-26-54(52)56)80-69(89)60(40-48-30-33-53(83)34-31-48)79-68(88)59(38-46-20-8-4-9-21-46)78-65(85)55(73)37-45-18-6-3-7-19-45/h3-15,18-27,29-34,36,43-44,55,57-63,75,83H,16-17,28,35,37-42,72-73H2,1-2H3,(H2,74,84)(H,76,90)(H,77,87)(H,78,85)(H,79,88)(H,80,89)(H,81,91)(H,82,86)/t55-,57+,58+,59+,60+,61+,62-,63+/m1/s1. The zero-order chi connectivity index (χ0) is 64.8. The number of aromatic hydroxyl groups is 1. The second kappa shape index (κ2) is 32.9. The van der Waals surface area contributed by atoms with E-state index >= 15 is 9.59 Å². The molecule has 0 aliphatic rings. The minimum absolute atomic E-state index is 0.00808. The molecule has 20 heteroatoms. The van der Waals surface area contributed by atoms with Crippen molar-refractivity contribution in [1.29, 1.82) is 0 Å². The average Bonchev–Trinajstić information content (AvgIpc) is 2.26. The number of rotatable bonds is 32. The van der Waals surface area contributed by atoms with Crippen LogP contribution in [0.15, 0.2) is 188 Å². The van der Waals surface area contributed by atoms with Gasteiger partial charge in [0.15, 0.2) is 0 Å². The van der Waals surface area contributed by atoms with Crippen molar-refractivity contribution < 1.29 is 43.5 Å². The first-order chi connectivity index (χ1) is 43.9.